The summed E-state index contributed by atoms with van der Waals surface area (Å²) in [5.41, 5.74) is 0.559. The number of phenols is 2. The summed E-state index contributed by atoms with van der Waals surface area (Å²) in [5, 5.41) is 25.7. The molecule has 2 aromatic rings. The molecular formula is C23H23N3O6. The van der Waals surface area contributed by atoms with Gasteiger partial charge in [-0.1, -0.05) is 24.3 Å². The van der Waals surface area contributed by atoms with Gasteiger partial charge in [-0.05, 0) is 30.2 Å². The number of fused-ring (bicyclic) bond motifs is 4. The van der Waals surface area contributed by atoms with E-state index in [-0.39, 0.29) is 42.9 Å². The molecule has 0 radical (unpaired) electrons. The molecule has 4 atom stereocenters. The van der Waals surface area contributed by atoms with Crippen LogP contribution in [0.1, 0.15) is 11.1 Å². The van der Waals surface area contributed by atoms with E-state index in [0.29, 0.717) is 16.8 Å². The van der Waals surface area contributed by atoms with Crippen molar-refractivity contribution in [3.63, 3.8) is 0 Å². The molecule has 0 aromatic heterocycles. The highest BCUT2D eigenvalue weighted by Gasteiger charge is 2.70. The fourth-order valence-electron chi connectivity index (χ4n) is 5.35. The molecule has 4 N–H and O–H groups in total. The predicted molar refractivity (Wildman–Crippen MR) is 113 cm³/mol. The number of imide groups is 1. The zero-order valence-corrected chi connectivity index (χ0v) is 17.4. The van der Waals surface area contributed by atoms with E-state index in [4.69, 9.17) is 4.74 Å². The van der Waals surface area contributed by atoms with Gasteiger partial charge in [0.15, 0.2) is 11.5 Å². The molecule has 9 heteroatoms. The van der Waals surface area contributed by atoms with Gasteiger partial charge in [0, 0.05) is 24.4 Å². The van der Waals surface area contributed by atoms with Crippen molar-refractivity contribution in [2.24, 2.45) is 11.8 Å². The third kappa shape index (κ3) is 2.74. The highest BCUT2D eigenvalue weighted by atomic mass is 16.5. The van der Waals surface area contributed by atoms with E-state index in [1.54, 1.807) is 30.3 Å². The summed E-state index contributed by atoms with van der Waals surface area (Å²) in [7, 11) is 1.50. The molecule has 2 aromatic carbocycles. The maximum atomic E-state index is 13.5. The van der Waals surface area contributed by atoms with E-state index >= 15 is 0 Å². The number of aromatic hydroxyl groups is 2. The topological polar surface area (TPSA) is 128 Å². The normalized spacial score (nSPS) is 28.3. The van der Waals surface area contributed by atoms with Gasteiger partial charge in [-0.2, -0.15) is 0 Å². The average Bonchev–Trinajstić information content (AvgIpc) is 3.34. The van der Waals surface area contributed by atoms with Crippen molar-refractivity contribution in [1.82, 2.24) is 10.2 Å². The fraction of sp³-hybridized carbons (Fsp3) is 0.348. The number of hydrogen-bond donors (Lipinski definition) is 4. The molecule has 0 saturated carbocycles. The molecule has 3 aliphatic rings. The van der Waals surface area contributed by atoms with Crippen LogP contribution in [-0.2, 0) is 31.1 Å². The standard InChI is InChI=1S/C23H23N3O6/c1-32-9-8-26-20(29)18-15(10-12-6-7-16(27)17(28)11-12)25-23(19(18)21(26)30)13-4-2-3-5-14(13)24-22(23)31/h2-7,11,15,18-19,25,27-28H,8-10H2,1H3,(H,24,31)/t15-,18-,19+,23+/m1/s1. The minimum atomic E-state index is -1.36. The number of carbonyl (C=O) groups is 3. The quantitative estimate of drug-likeness (QED) is 0.401. The minimum Gasteiger partial charge on any atom is -0.504 e. The molecule has 3 amide bonds. The lowest BCUT2D eigenvalue weighted by Crippen LogP contribution is -2.53. The zero-order valence-electron chi connectivity index (χ0n) is 17.4. The number of amides is 3. The number of methoxy groups -OCH3 is 1. The fourth-order valence-corrected chi connectivity index (χ4v) is 5.35. The van der Waals surface area contributed by atoms with Crippen molar-refractivity contribution in [2.75, 3.05) is 25.6 Å². The van der Waals surface area contributed by atoms with Crippen LogP contribution < -0.4 is 10.6 Å². The number of nitrogens with one attached hydrogen (secondary N) is 2. The number of carbonyl (C=O) groups excluding carboxylic acids is 3. The van der Waals surface area contributed by atoms with E-state index in [2.05, 4.69) is 10.6 Å². The molecule has 3 aliphatic heterocycles. The monoisotopic (exact) mass is 437 g/mol. The average molecular weight is 437 g/mol. The summed E-state index contributed by atoms with van der Waals surface area (Å²) in [6.07, 6.45) is 0.281. The Morgan fingerprint density at radius 1 is 1.06 bits per heavy atom. The second-order valence-electron chi connectivity index (χ2n) is 8.41. The molecule has 2 saturated heterocycles. The lowest BCUT2D eigenvalue weighted by atomic mass is 9.76. The summed E-state index contributed by atoms with van der Waals surface area (Å²) in [4.78, 5) is 41.4. The first-order valence-electron chi connectivity index (χ1n) is 10.4. The largest absolute Gasteiger partial charge is 0.504 e. The van der Waals surface area contributed by atoms with Gasteiger partial charge < -0.3 is 20.3 Å². The second-order valence-corrected chi connectivity index (χ2v) is 8.41. The first-order chi connectivity index (χ1) is 15.4. The summed E-state index contributed by atoms with van der Waals surface area (Å²) in [5.74, 6) is -3.27. The van der Waals surface area contributed by atoms with Crippen molar-refractivity contribution in [3.8, 4) is 11.5 Å². The molecule has 32 heavy (non-hydrogen) atoms. The Balaban J connectivity index is 1.59. The Kier molecular flexibility index (Phi) is 4.68. The molecule has 5 rings (SSSR count). The highest BCUT2D eigenvalue weighted by molar-refractivity contribution is 6.15. The van der Waals surface area contributed by atoms with Gasteiger partial charge in [0.25, 0.3) is 0 Å². The van der Waals surface area contributed by atoms with Crippen molar-refractivity contribution in [1.29, 1.82) is 0 Å². The Hall–Kier alpha value is -3.43. The third-order valence-corrected chi connectivity index (χ3v) is 6.73. The molecular weight excluding hydrogens is 414 g/mol. The van der Waals surface area contributed by atoms with E-state index in [1.807, 2.05) is 0 Å². The van der Waals surface area contributed by atoms with Gasteiger partial charge in [-0.3, -0.25) is 24.6 Å². The lowest BCUT2D eigenvalue weighted by Gasteiger charge is -2.29. The first-order valence-corrected chi connectivity index (χ1v) is 10.4. The van der Waals surface area contributed by atoms with Crippen molar-refractivity contribution >= 4 is 23.4 Å². The number of rotatable bonds is 5. The third-order valence-electron chi connectivity index (χ3n) is 6.73. The molecule has 0 unspecified atom stereocenters. The minimum absolute atomic E-state index is 0.118. The van der Waals surface area contributed by atoms with Crippen LogP contribution in [0.25, 0.3) is 0 Å². The Morgan fingerprint density at radius 3 is 2.59 bits per heavy atom. The second kappa shape index (κ2) is 7.32. The van der Waals surface area contributed by atoms with E-state index < -0.39 is 29.3 Å². The highest BCUT2D eigenvalue weighted by Crippen LogP contribution is 2.53. The molecule has 3 heterocycles. The van der Waals surface area contributed by atoms with Gasteiger partial charge in [-0.15, -0.1) is 0 Å². The number of phenolic OH excluding ortho intramolecular Hbond substituents is 2. The Bertz CT molecular complexity index is 1130. The van der Waals surface area contributed by atoms with Crippen LogP contribution in [-0.4, -0.2) is 59.1 Å². The number of likely N-dealkylation sites (tertiary alicyclic amines) is 1. The van der Waals surface area contributed by atoms with Gasteiger partial charge >= 0.3 is 0 Å². The molecule has 2 fully saturated rings. The van der Waals surface area contributed by atoms with Crippen LogP contribution in [0.2, 0.25) is 0 Å². The smallest absolute Gasteiger partial charge is 0.250 e. The number of ether oxygens (including phenoxy) is 1. The van der Waals surface area contributed by atoms with Crippen molar-refractivity contribution in [3.05, 3.63) is 53.6 Å². The summed E-state index contributed by atoms with van der Waals surface area (Å²) < 4.78 is 5.07. The van der Waals surface area contributed by atoms with Crippen LogP contribution in [0, 0.1) is 11.8 Å². The van der Waals surface area contributed by atoms with Crippen molar-refractivity contribution < 1.29 is 29.3 Å². The molecule has 166 valence electrons. The van der Waals surface area contributed by atoms with Crippen LogP contribution >= 0.6 is 0 Å². The predicted octanol–water partition coefficient (Wildman–Crippen LogP) is 0.707. The molecule has 1 spiro atoms. The van der Waals surface area contributed by atoms with Crippen LogP contribution in [0.4, 0.5) is 5.69 Å². The first kappa shape index (κ1) is 20.5. The number of anilines is 1. The van der Waals surface area contributed by atoms with Gasteiger partial charge in [0.1, 0.15) is 5.54 Å². The summed E-state index contributed by atoms with van der Waals surface area (Å²) >= 11 is 0. The lowest BCUT2D eigenvalue weighted by molar-refractivity contribution is -0.143. The number of benzene rings is 2. The zero-order chi connectivity index (χ0) is 22.6. The molecule has 0 bridgehead atoms. The van der Waals surface area contributed by atoms with E-state index in [0.717, 1.165) is 0 Å². The Morgan fingerprint density at radius 2 is 1.84 bits per heavy atom. The van der Waals surface area contributed by atoms with E-state index in [1.165, 1.54) is 24.1 Å². The van der Waals surface area contributed by atoms with Crippen LogP contribution in [0.5, 0.6) is 11.5 Å². The molecule has 0 aliphatic carbocycles. The Labute approximate surface area is 184 Å². The number of hydrogen-bond acceptors (Lipinski definition) is 7. The van der Waals surface area contributed by atoms with Crippen molar-refractivity contribution in [2.45, 2.75) is 18.0 Å². The van der Waals surface area contributed by atoms with Gasteiger partial charge in [0.05, 0.1) is 25.0 Å². The SMILES string of the molecule is COCCN1C(=O)[C@H]2[C@@H](C1=O)[C@]1(N[C@@H]2Cc2ccc(O)c(O)c2)C(=O)Nc2ccccc21. The maximum Gasteiger partial charge on any atom is 0.250 e. The van der Waals surface area contributed by atoms with Crippen LogP contribution in [0.3, 0.4) is 0 Å². The summed E-state index contributed by atoms with van der Waals surface area (Å²) in [6, 6.07) is 11.1. The van der Waals surface area contributed by atoms with Gasteiger partial charge in [0.2, 0.25) is 17.7 Å². The van der Waals surface area contributed by atoms with Gasteiger partial charge in [-0.25, -0.2) is 0 Å². The summed E-state index contributed by atoms with van der Waals surface area (Å²) in [6.45, 7) is 0.323. The maximum absolute atomic E-state index is 13.5. The number of nitrogens with zero attached hydrogens (tertiary/aromatic N) is 1. The van der Waals surface area contributed by atoms with E-state index in [9.17, 15) is 24.6 Å². The van der Waals surface area contributed by atoms with Crippen LogP contribution in [0.15, 0.2) is 42.5 Å². The number of para-hydroxylation sites is 1. The molecule has 9 nitrogen and oxygen atoms in total.